The Morgan fingerprint density at radius 1 is 1.24 bits per heavy atom. The predicted molar refractivity (Wildman–Crippen MR) is 82.8 cm³/mol. The molecule has 112 valence electrons. The maximum absolute atomic E-state index is 6.16. The summed E-state index contributed by atoms with van der Waals surface area (Å²) in [4.78, 5) is 0. The number of methoxy groups -OCH3 is 1. The first kappa shape index (κ1) is 14.0. The minimum atomic E-state index is 0.199. The fourth-order valence-electron chi connectivity index (χ4n) is 2.91. The molecule has 0 radical (unpaired) electrons. The monoisotopic (exact) mass is 286 g/mol. The van der Waals surface area contributed by atoms with Gasteiger partial charge in [0.05, 0.1) is 13.7 Å². The van der Waals surface area contributed by atoms with Crippen LogP contribution in [0.25, 0.3) is 0 Å². The first-order chi connectivity index (χ1) is 10.3. The normalized spacial score (nSPS) is 17.3. The van der Waals surface area contributed by atoms with Gasteiger partial charge in [-0.05, 0) is 42.5 Å². The van der Waals surface area contributed by atoms with Gasteiger partial charge in [-0.25, -0.2) is 0 Å². The van der Waals surface area contributed by atoms with Crippen molar-refractivity contribution in [2.45, 2.75) is 31.8 Å². The van der Waals surface area contributed by atoms with Gasteiger partial charge in [0.15, 0.2) is 11.5 Å². The maximum atomic E-state index is 6.16. The Kier molecular flexibility index (Phi) is 4.15. The van der Waals surface area contributed by atoms with Crippen molar-refractivity contribution >= 4 is 0 Å². The van der Waals surface area contributed by atoms with Crippen molar-refractivity contribution in [2.75, 3.05) is 13.7 Å². The highest BCUT2D eigenvalue weighted by Crippen LogP contribution is 2.29. The molecule has 0 spiro atoms. The van der Waals surface area contributed by atoms with Crippen LogP contribution in [0.4, 0.5) is 0 Å². The second-order valence-electron chi connectivity index (χ2n) is 5.47. The van der Waals surface area contributed by atoms with Gasteiger partial charge in [0.25, 0.3) is 0 Å². The van der Waals surface area contributed by atoms with E-state index >= 15 is 0 Å². The van der Waals surface area contributed by atoms with Crippen LogP contribution in [0.5, 0.6) is 11.5 Å². The molecule has 3 rings (SSSR count). The van der Waals surface area contributed by atoms with E-state index in [-0.39, 0.29) is 6.04 Å². The average Bonchev–Trinajstić information content (AvgIpc) is 2.92. The fourth-order valence-corrected chi connectivity index (χ4v) is 2.91. The van der Waals surface area contributed by atoms with Crippen LogP contribution in [0, 0.1) is 0 Å². The molecule has 4 nitrogen and oxygen atoms in total. The molecule has 2 N–H and O–H groups in total. The third-order valence-electron chi connectivity index (χ3n) is 4.03. The highest BCUT2D eigenvalue weighted by atomic mass is 16.5. The van der Waals surface area contributed by atoms with Crippen LogP contribution in [0.1, 0.15) is 30.0 Å². The number of para-hydroxylation sites is 2. The highest BCUT2D eigenvalue weighted by molar-refractivity contribution is 5.39. The summed E-state index contributed by atoms with van der Waals surface area (Å²) in [5.41, 5.74) is 8.85. The van der Waals surface area contributed by atoms with E-state index in [1.54, 1.807) is 7.11 Å². The summed E-state index contributed by atoms with van der Waals surface area (Å²) >= 11 is 0. The molecule has 1 aliphatic rings. The quantitative estimate of drug-likeness (QED) is 0.919. The molecule has 4 heteroatoms. The van der Waals surface area contributed by atoms with Crippen molar-refractivity contribution in [3.8, 4) is 11.5 Å². The molecule has 0 amide bonds. The van der Waals surface area contributed by atoms with Crippen LogP contribution in [0.2, 0.25) is 0 Å². The zero-order valence-corrected chi connectivity index (χ0v) is 12.4. The summed E-state index contributed by atoms with van der Waals surface area (Å²) in [6, 6.07) is 7.92. The van der Waals surface area contributed by atoms with Gasteiger partial charge in [-0.1, -0.05) is 12.1 Å². The van der Waals surface area contributed by atoms with E-state index in [2.05, 4.69) is 17.0 Å². The predicted octanol–water partition coefficient (Wildman–Crippen LogP) is 2.91. The van der Waals surface area contributed by atoms with Gasteiger partial charge in [0, 0.05) is 18.4 Å². The molecule has 1 aliphatic carbocycles. The van der Waals surface area contributed by atoms with E-state index in [0.717, 1.165) is 30.9 Å². The van der Waals surface area contributed by atoms with Gasteiger partial charge >= 0.3 is 0 Å². The van der Waals surface area contributed by atoms with Crippen molar-refractivity contribution < 1.29 is 9.47 Å². The lowest BCUT2D eigenvalue weighted by molar-refractivity contribution is 0.280. The van der Waals surface area contributed by atoms with Crippen molar-refractivity contribution in [3.05, 3.63) is 47.8 Å². The number of ether oxygens (including phenoxy) is 2. The van der Waals surface area contributed by atoms with Crippen LogP contribution in [-0.2, 0) is 13.0 Å². The summed E-state index contributed by atoms with van der Waals surface area (Å²) < 4.78 is 13.3. The molecule has 0 bridgehead atoms. The lowest BCUT2D eigenvalue weighted by atomic mass is 9.92. The van der Waals surface area contributed by atoms with Gasteiger partial charge in [0.2, 0.25) is 0 Å². The summed E-state index contributed by atoms with van der Waals surface area (Å²) in [5.74, 6) is 1.56. The first-order valence-electron chi connectivity index (χ1n) is 7.48. The number of aryl methyl sites for hydroxylation is 1. The van der Waals surface area contributed by atoms with Crippen LogP contribution < -0.4 is 15.2 Å². The van der Waals surface area contributed by atoms with Crippen LogP contribution in [-0.4, -0.2) is 18.3 Å². The number of hydrogen-bond acceptors (Lipinski definition) is 3. The van der Waals surface area contributed by atoms with E-state index < -0.39 is 0 Å². The molecule has 1 unspecified atom stereocenters. The summed E-state index contributed by atoms with van der Waals surface area (Å²) in [7, 11) is 1.66. The number of nitrogens with zero attached hydrogens (tertiary/aromatic N) is 1. The smallest absolute Gasteiger partial charge is 0.161 e. The van der Waals surface area contributed by atoms with Gasteiger partial charge in [-0.15, -0.1) is 0 Å². The minimum absolute atomic E-state index is 0.199. The molecular weight excluding hydrogens is 264 g/mol. The van der Waals surface area contributed by atoms with Gasteiger partial charge in [-0.3, -0.25) is 0 Å². The molecule has 1 heterocycles. The SMILES string of the molecule is COc1ccccc1OCCn1cc2c(c1)C(N)CCC2. The Morgan fingerprint density at radius 2 is 2.05 bits per heavy atom. The largest absolute Gasteiger partial charge is 0.493 e. The first-order valence-corrected chi connectivity index (χ1v) is 7.48. The molecule has 0 saturated carbocycles. The van der Waals surface area contributed by atoms with E-state index in [4.69, 9.17) is 15.2 Å². The maximum Gasteiger partial charge on any atom is 0.161 e. The van der Waals surface area contributed by atoms with Gasteiger partial charge < -0.3 is 19.8 Å². The molecule has 0 saturated heterocycles. The standard InChI is InChI=1S/C17H22N2O2/c1-20-16-7-2-3-8-17(16)21-10-9-19-11-13-5-4-6-15(18)14(13)12-19/h2-3,7-8,11-12,15H,4-6,9-10,18H2,1H3. The Labute approximate surface area is 125 Å². The van der Waals surface area contributed by atoms with Crippen molar-refractivity contribution in [3.63, 3.8) is 0 Å². The molecular formula is C17H22N2O2. The van der Waals surface area contributed by atoms with E-state index in [1.807, 2.05) is 24.3 Å². The number of fused-ring (bicyclic) bond motifs is 1. The summed E-state index contributed by atoms with van der Waals surface area (Å²) in [6.45, 7) is 1.43. The highest BCUT2D eigenvalue weighted by Gasteiger charge is 2.18. The Balaban J connectivity index is 1.61. The Hall–Kier alpha value is -1.94. The van der Waals surface area contributed by atoms with Crippen LogP contribution in [0.15, 0.2) is 36.7 Å². The molecule has 0 aliphatic heterocycles. The van der Waals surface area contributed by atoms with Crippen molar-refractivity contribution in [2.24, 2.45) is 5.73 Å². The number of benzene rings is 1. The topological polar surface area (TPSA) is 49.4 Å². The Morgan fingerprint density at radius 3 is 2.81 bits per heavy atom. The minimum Gasteiger partial charge on any atom is -0.493 e. The fraction of sp³-hybridized carbons (Fsp3) is 0.412. The molecule has 21 heavy (non-hydrogen) atoms. The molecule has 1 atom stereocenters. The third-order valence-corrected chi connectivity index (χ3v) is 4.03. The number of rotatable bonds is 5. The van der Waals surface area contributed by atoms with E-state index in [0.29, 0.717) is 6.61 Å². The zero-order chi connectivity index (χ0) is 14.7. The molecule has 1 aromatic heterocycles. The summed E-state index contributed by atoms with van der Waals surface area (Å²) in [5, 5.41) is 0. The van der Waals surface area contributed by atoms with Gasteiger partial charge in [0.1, 0.15) is 6.61 Å². The Bertz CT molecular complexity index is 607. The second kappa shape index (κ2) is 6.22. The van der Waals surface area contributed by atoms with E-state index in [9.17, 15) is 0 Å². The zero-order valence-electron chi connectivity index (χ0n) is 12.4. The lowest BCUT2D eigenvalue weighted by Gasteiger charge is -2.17. The molecule has 0 fully saturated rings. The average molecular weight is 286 g/mol. The summed E-state index contributed by atoms with van der Waals surface area (Å²) in [6.07, 6.45) is 7.80. The number of aromatic nitrogens is 1. The molecule has 1 aromatic carbocycles. The van der Waals surface area contributed by atoms with E-state index in [1.165, 1.54) is 17.5 Å². The number of nitrogens with two attached hydrogens (primary N) is 1. The third kappa shape index (κ3) is 3.05. The lowest BCUT2D eigenvalue weighted by Crippen LogP contribution is -2.15. The van der Waals surface area contributed by atoms with Crippen LogP contribution in [0.3, 0.4) is 0 Å². The van der Waals surface area contributed by atoms with Crippen molar-refractivity contribution in [1.29, 1.82) is 0 Å². The molecule has 2 aromatic rings. The number of hydrogen-bond donors (Lipinski definition) is 1. The van der Waals surface area contributed by atoms with Gasteiger partial charge in [-0.2, -0.15) is 0 Å². The second-order valence-corrected chi connectivity index (χ2v) is 5.47. The van der Waals surface area contributed by atoms with Crippen LogP contribution >= 0.6 is 0 Å². The van der Waals surface area contributed by atoms with Crippen molar-refractivity contribution in [1.82, 2.24) is 4.57 Å².